The van der Waals surface area contributed by atoms with Gasteiger partial charge in [-0.05, 0) is 60.6 Å². The highest BCUT2D eigenvalue weighted by molar-refractivity contribution is 7.80. The highest BCUT2D eigenvalue weighted by atomic mass is 35.5. The van der Waals surface area contributed by atoms with Crippen LogP contribution in [0.5, 0.6) is 5.75 Å². The zero-order chi connectivity index (χ0) is 21.5. The van der Waals surface area contributed by atoms with E-state index in [0.29, 0.717) is 21.5 Å². The Labute approximate surface area is 190 Å². The summed E-state index contributed by atoms with van der Waals surface area (Å²) in [6, 6.07) is 22.6. The summed E-state index contributed by atoms with van der Waals surface area (Å²) >= 11 is 17.0. The molecule has 0 aliphatic heterocycles. The third-order valence-corrected chi connectivity index (χ3v) is 5.06. The lowest BCUT2D eigenvalue weighted by Gasteiger charge is -2.17. The number of carbonyl (C=O) groups is 1. The van der Waals surface area contributed by atoms with E-state index in [4.69, 9.17) is 40.2 Å². The summed E-state index contributed by atoms with van der Waals surface area (Å²) in [4.78, 5) is 12.3. The first-order valence-electron chi connectivity index (χ1n) is 9.06. The predicted octanol–water partition coefficient (Wildman–Crippen LogP) is 5.45. The second-order valence-electron chi connectivity index (χ2n) is 6.35. The molecule has 3 rings (SSSR count). The van der Waals surface area contributed by atoms with Crippen molar-refractivity contribution in [2.75, 3.05) is 5.32 Å². The summed E-state index contributed by atoms with van der Waals surface area (Å²) in [6.07, 6.45) is -0.729. The van der Waals surface area contributed by atoms with Crippen LogP contribution in [-0.2, 0) is 4.79 Å². The fourth-order valence-corrected chi connectivity index (χ4v) is 3.04. The molecule has 0 fully saturated rings. The molecule has 0 aromatic heterocycles. The van der Waals surface area contributed by atoms with Gasteiger partial charge < -0.3 is 10.1 Å². The monoisotopic (exact) mass is 459 g/mol. The molecule has 30 heavy (non-hydrogen) atoms. The SMILES string of the molecule is C[C@H](Oc1ccc(-c2ccccc2)cc1)C(=O)NNC(=S)Nc1ccc(Cl)c(Cl)c1. The van der Waals surface area contributed by atoms with E-state index in [2.05, 4.69) is 16.2 Å². The van der Waals surface area contributed by atoms with Gasteiger partial charge in [-0.25, -0.2) is 0 Å². The third-order valence-electron chi connectivity index (χ3n) is 4.12. The molecule has 0 radical (unpaired) electrons. The molecule has 1 amide bonds. The first kappa shape index (κ1) is 21.9. The zero-order valence-corrected chi connectivity index (χ0v) is 18.3. The Kier molecular flexibility index (Phi) is 7.52. The van der Waals surface area contributed by atoms with Crippen LogP contribution in [0.1, 0.15) is 6.92 Å². The molecule has 0 saturated carbocycles. The minimum absolute atomic E-state index is 0.196. The number of anilines is 1. The molecule has 0 aliphatic rings. The van der Waals surface area contributed by atoms with Gasteiger partial charge >= 0.3 is 0 Å². The normalized spacial score (nSPS) is 11.3. The molecule has 3 aromatic rings. The number of thiocarbonyl (C=S) groups is 1. The molecule has 0 aliphatic carbocycles. The van der Waals surface area contributed by atoms with E-state index >= 15 is 0 Å². The maximum Gasteiger partial charge on any atom is 0.279 e. The molecule has 0 unspecified atom stereocenters. The lowest BCUT2D eigenvalue weighted by atomic mass is 10.1. The quantitative estimate of drug-likeness (QED) is 0.349. The van der Waals surface area contributed by atoms with Crippen molar-refractivity contribution in [2.45, 2.75) is 13.0 Å². The average Bonchev–Trinajstić information content (AvgIpc) is 2.75. The van der Waals surface area contributed by atoms with Gasteiger partial charge in [-0.3, -0.25) is 15.6 Å². The third kappa shape index (κ3) is 6.10. The lowest BCUT2D eigenvalue weighted by molar-refractivity contribution is -0.127. The van der Waals surface area contributed by atoms with E-state index in [1.807, 2.05) is 54.6 Å². The number of amides is 1. The highest BCUT2D eigenvalue weighted by Crippen LogP contribution is 2.25. The number of ether oxygens (including phenoxy) is 1. The van der Waals surface area contributed by atoms with Crippen LogP contribution in [0.15, 0.2) is 72.8 Å². The second-order valence-corrected chi connectivity index (χ2v) is 7.57. The maximum absolute atomic E-state index is 12.3. The summed E-state index contributed by atoms with van der Waals surface area (Å²) in [5.74, 6) is 0.217. The van der Waals surface area contributed by atoms with Gasteiger partial charge in [0, 0.05) is 5.69 Å². The Balaban J connectivity index is 1.48. The number of nitrogens with one attached hydrogen (secondary N) is 3. The van der Waals surface area contributed by atoms with Crippen LogP contribution in [0.25, 0.3) is 11.1 Å². The van der Waals surface area contributed by atoms with E-state index in [9.17, 15) is 4.79 Å². The number of halogens is 2. The number of hydrogen-bond donors (Lipinski definition) is 3. The van der Waals surface area contributed by atoms with Crippen LogP contribution in [-0.4, -0.2) is 17.1 Å². The van der Waals surface area contributed by atoms with Gasteiger partial charge in [0.2, 0.25) is 0 Å². The van der Waals surface area contributed by atoms with Crippen LogP contribution >= 0.6 is 35.4 Å². The summed E-state index contributed by atoms with van der Waals surface area (Å²) in [6.45, 7) is 1.65. The van der Waals surface area contributed by atoms with Crippen molar-refractivity contribution in [1.82, 2.24) is 10.9 Å². The molecule has 8 heteroatoms. The van der Waals surface area contributed by atoms with E-state index in [1.165, 1.54) is 0 Å². The summed E-state index contributed by atoms with van der Waals surface area (Å²) in [5.41, 5.74) is 7.96. The Morgan fingerprint density at radius 3 is 2.23 bits per heavy atom. The van der Waals surface area contributed by atoms with Gasteiger partial charge in [-0.1, -0.05) is 65.7 Å². The maximum atomic E-state index is 12.3. The molecular formula is C22H19Cl2N3O2S. The molecule has 1 atom stereocenters. The minimum atomic E-state index is -0.729. The van der Waals surface area contributed by atoms with Crippen LogP contribution in [0.4, 0.5) is 5.69 Å². The van der Waals surface area contributed by atoms with Crippen LogP contribution in [0.2, 0.25) is 10.0 Å². The van der Waals surface area contributed by atoms with Crippen LogP contribution < -0.4 is 20.9 Å². The molecule has 5 nitrogen and oxygen atoms in total. The largest absolute Gasteiger partial charge is 0.481 e. The van der Waals surface area contributed by atoms with Gasteiger partial charge in [0.25, 0.3) is 5.91 Å². The van der Waals surface area contributed by atoms with Gasteiger partial charge in [0.1, 0.15) is 5.75 Å². The number of benzene rings is 3. The van der Waals surface area contributed by atoms with E-state index < -0.39 is 6.10 Å². The zero-order valence-electron chi connectivity index (χ0n) is 16.0. The number of hydrogen-bond acceptors (Lipinski definition) is 3. The van der Waals surface area contributed by atoms with Crippen molar-refractivity contribution in [3.63, 3.8) is 0 Å². The summed E-state index contributed by atoms with van der Waals surface area (Å²) in [7, 11) is 0. The molecule has 3 aromatic carbocycles. The molecule has 0 bridgehead atoms. The van der Waals surface area contributed by atoms with Crippen LogP contribution in [0, 0.1) is 0 Å². The number of rotatable bonds is 5. The van der Waals surface area contributed by atoms with E-state index in [1.54, 1.807) is 25.1 Å². The summed E-state index contributed by atoms with van der Waals surface area (Å²) < 4.78 is 5.70. The first-order valence-corrected chi connectivity index (χ1v) is 10.2. The fraction of sp³-hybridized carbons (Fsp3) is 0.0909. The molecular weight excluding hydrogens is 441 g/mol. The van der Waals surface area contributed by atoms with E-state index in [0.717, 1.165) is 11.1 Å². The predicted molar refractivity (Wildman–Crippen MR) is 126 cm³/mol. The van der Waals surface area contributed by atoms with Crippen molar-refractivity contribution in [3.05, 3.63) is 82.8 Å². The number of carbonyl (C=O) groups excluding carboxylic acids is 1. The molecule has 0 saturated heterocycles. The fourth-order valence-electron chi connectivity index (χ4n) is 2.57. The topological polar surface area (TPSA) is 62.4 Å². The van der Waals surface area contributed by atoms with Crippen molar-refractivity contribution in [3.8, 4) is 16.9 Å². The standard InChI is InChI=1S/C22H19Cl2N3O2S/c1-14(29-18-10-7-16(8-11-18)15-5-3-2-4-6-15)21(28)26-27-22(30)25-17-9-12-19(23)20(24)13-17/h2-14H,1H3,(H,26,28)(H2,25,27,30)/t14-/m0/s1. The van der Waals surface area contributed by atoms with Crippen molar-refractivity contribution < 1.29 is 9.53 Å². The van der Waals surface area contributed by atoms with Crippen molar-refractivity contribution in [2.24, 2.45) is 0 Å². The Morgan fingerprint density at radius 2 is 1.57 bits per heavy atom. The Hall–Kier alpha value is -2.80. The lowest BCUT2D eigenvalue weighted by Crippen LogP contribution is -2.48. The Bertz CT molecular complexity index is 1030. The molecule has 0 spiro atoms. The van der Waals surface area contributed by atoms with Gasteiger partial charge in [-0.2, -0.15) is 0 Å². The smallest absolute Gasteiger partial charge is 0.279 e. The Morgan fingerprint density at radius 1 is 0.900 bits per heavy atom. The number of hydrazine groups is 1. The van der Waals surface area contributed by atoms with Gasteiger partial charge in [0.15, 0.2) is 11.2 Å². The minimum Gasteiger partial charge on any atom is -0.481 e. The first-order chi connectivity index (χ1) is 14.4. The summed E-state index contributed by atoms with van der Waals surface area (Å²) in [5, 5.41) is 3.93. The van der Waals surface area contributed by atoms with Crippen molar-refractivity contribution in [1.29, 1.82) is 0 Å². The van der Waals surface area contributed by atoms with Gasteiger partial charge in [0.05, 0.1) is 10.0 Å². The van der Waals surface area contributed by atoms with Crippen molar-refractivity contribution >= 4 is 52.1 Å². The molecule has 0 heterocycles. The average molecular weight is 460 g/mol. The second kappa shape index (κ2) is 10.3. The van der Waals surface area contributed by atoms with Crippen LogP contribution in [0.3, 0.4) is 0 Å². The molecule has 3 N–H and O–H groups in total. The van der Waals surface area contributed by atoms with Gasteiger partial charge in [-0.15, -0.1) is 0 Å². The molecule has 154 valence electrons. The highest BCUT2D eigenvalue weighted by Gasteiger charge is 2.15. The van der Waals surface area contributed by atoms with E-state index in [-0.39, 0.29) is 11.0 Å².